The zero-order valence-electron chi connectivity index (χ0n) is 11.4. The molecule has 106 valence electrons. The molecule has 1 atom stereocenters. The van der Waals surface area contributed by atoms with Gasteiger partial charge in [0, 0.05) is 6.54 Å². The van der Waals surface area contributed by atoms with Crippen molar-refractivity contribution < 1.29 is 14.7 Å². The van der Waals surface area contributed by atoms with Gasteiger partial charge in [0.25, 0.3) is 0 Å². The van der Waals surface area contributed by atoms with Gasteiger partial charge in [0.05, 0.1) is 6.04 Å². The van der Waals surface area contributed by atoms with Gasteiger partial charge in [0.1, 0.15) is 6.54 Å². The number of hydrogen-bond acceptors (Lipinski definition) is 3. The Bertz CT molecular complexity index is 418. The topological polar surface area (TPSA) is 69.6 Å². The second-order valence-corrected chi connectivity index (χ2v) is 5.68. The average molecular weight is 284 g/mol. The predicted molar refractivity (Wildman–Crippen MR) is 75.3 cm³/mol. The molecule has 19 heavy (non-hydrogen) atoms. The summed E-state index contributed by atoms with van der Waals surface area (Å²) in [5.41, 5.74) is 1.03. The third kappa shape index (κ3) is 5.30. The van der Waals surface area contributed by atoms with Crippen LogP contribution in [0, 0.1) is 5.92 Å². The fraction of sp³-hybridized carbons (Fsp3) is 0.538. The minimum Gasteiger partial charge on any atom is -0.480 e. The molecule has 0 saturated carbocycles. The molecule has 0 aliphatic rings. The molecule has 1 rings (SSSR count). The van der Waals surface area contributed by atoms with Gasteiger partial charge in [-0.1, -0.05) is 13.8 Å². The van der Waals surface area contributed by atoms with Crippen LogP contribution in [0.5, 0.6) is 0 Å². The Kier molecular flexibility index (Phi) is 5.82. The van der Waals surface area contributed by atoms with E-state index in [4.69, 9.17) is 5.11 Å². The van der Waals surface area contributed by atoms with Gasteiger partial charge < -0.3 is 15.3 Å². The first-order valence-electron chi connectivity index (χ1n) is 6.19. The molecule has 1 aromatic rings. The molecular weight excluding hydrogens is 264 g/mol. The number of hydrogen-bond donors (Lipinski definition) is 2. The number of carboxylic acid groups (broad SMARTS) is 1. The van der Waals surface area contributed by atoms with Crippen molar-refractivity contribution in [3.63, 3.8) is 0 Å². The molecule has 1 unspecified atom stereocenters. The third-order valence-electron chi connectivity index (χ3n) is 2.58. The number of nitrogens with one attached hydrogen (secondary N) is 1. The number of carboxylic acids is 1. The summed E-state index contributed by atoms with van der Waals surface area (Å²) in [5.74, 6) is -0.777. The Labute approximate surface area is 117 Å². The molecule has 0 radical (unpaired) electrons. The second-order valence-electron chi connectivity index (χ2n) is 4.90. The van der Waals surface area contributed by atoms with Crippen molar-refractivity contribution in [1.29, 1.82) is 0 Å². The summed E-state index contributed by atoms with van der Waals surface area (Å²) in [6.45, 7) is 5.93. The molecule has 0 bridgehead atoms. The summed E-state index contributed by atoms with van der Waals surface area (Å²) >= 11 is 1.57. The highest BCUT2D eigenvalue weighted by atomic mass is 32.1. The number of urea groups is 1. The fourth-order valence-electron chi connectivity index (χ4n) is 1.70. The van der Waals surface area contributed by atoms with Crippen LogP contribution in [0.1, 0.15) is 32.4 Å². The molecule has 5 nitrogen and oxygen atoms in total. The molecule has 2 N–H and O–H groups in total. The van der Waals surface area contributed by atoms with E-state index < -0.39 is 5.97 Å². The normalized spacial score (nSPS) is 12.2. The molecule has 0 spiro atoms. The highest BCUT2D eigenvalue weighted by Crippen LogP contribution is 2.16. The number of aliphatic carboxylic acids is 1. The Morgan fingerprint density at radius 2 is 2.11 bits per heavy atom. The Hall–Kier alpha value is -1.56. The largest absolute Gasteiger partial charge is 0.480 e. The highest BCUT2D eigenvalue weighted by Gasteiger charge is 2.19. The van der Waals surface area contributed by atoms with Crippen LogP contribution < -0.4 is 5.32 Å². The van der Waals surface area contributed by atoms with E-state index in [-0.39, 0.29) is 24.5 Å². The lowest BCUT2D eigenvalue weighted by molar-refractivity contribution is -0.137. The Morgan fingerprint density at radius 1 is 1.42 bits per heavy atom. The number of rotatable bonds is 6. The molecule has 1 aromatic heterocycles. The Morgan fingerprint density at radius 3 is 2.58 bits per heavy atom. The molecule has 0 aromatic carbocycles. The van der Waals surface area contributed by atoms with E-state index in [2.05, 4.69) is 5.32 Å². The SMILES string of the molecule is CC(C)CN(CC(=O)O)C(=O)NC(C)c1ccsc1. The summed E-state index contributed by atoms with van der Waals surface area (Å²) in [7, 11) is 0. The van der Waals surface area contributed by atoms with Crippen LogP contribution in [0.4, 0.5) is 4.79 Å². The Balaban J connectivity index is 2.63. The van der Waals surface area contributed by atoms with Gasteiger partial charge in [-0.2, -0.15) is 11.3 Å². The summed E-state index contributed by atoms with van der Waals surface area (Å²) in [6, 6.07) is 1.48. The van der Waals surface area contributed by atoms with E-state index in [9.17, 15) is 9.59 Å². The molecule has 1 heterocycles. The first-order valence-corrected chi connectivity index (χ1v) is 7.13. The molecule has 0 saturated heterocycles. The van der Waals surface area contributed by atoms with Crippen LogP contribution in [-0.2, 0) is 4.79 Å². The van der Waals surface area contributed by atoms with E-state index >= 15 is 0 Å². The molecule has 2 amide bonds. The van der Waals surface area contributed by atoms with Gasteiger partial charge >= 0.3 is 12.0 Å². The minimum absolute atomic E-state index is 0.123. The monoisotopic (exact) mass is 284 g/mol. The zero-order valence-corrected chi connectivity index (χ0v) is 12.2. The van der Waals surface area contributed by atoms with Crippen molar-refractivity contribution in [2.24, 2.45) is 5.92 Å². The lowest BCUT2D eigenvalue weighted by atomic mass is 10.2. The number of carbonyl (C=O) groups is 2. The van der Waals surface area contributed by atoms with Crippen LogP contribution in [0.25, 0.3) is 0 Å². The molecule has 0 fully saturated rings. The van der Waals surface area contributed by atoms with Crippen molar-refractivity contribution in [2.45, 2.75) is 26.8 Å². The molecule has 0 aliphatic carbocycles. The molecule has 0 aliphatic heterocycles. The van der Waals surface area contributed by atoms with E-state index in [1.165, 1.54) is 4.90 Å². The maximum atomic E-state index is 12.1. The minimum atomic E-state index is -1.00. The quantitative estimate of drug-likeness (QED) is 0.843. The average Bonchev–Trinajstić information content (AvgIpc) is 2.79. The van der Waals surface area contributed by atoms with Crippen molar-refractivity contribution in [3.05, 3.63) is 22.4 Å². The van der Waals surface area contributed by atoms with Gasteiger partial charge in [-0.3, -0.25) is 4.79 Å². The maximum Gasteiger partial charge on any atom is 0.323 e. The highest BCUT2D eigenvalue weighted by molar-refractivity contribution is 7.07. The lowest BCUT2D eigenvalue weighted by Gasteiger charge is -2.25. The van der Waals surface area contributed by atoms with E-state index in [0.717, 1.165) is 5.56 Å². The van der Waals surface area contributed by atoms with E-state index in [1.807, 2.05) is 37.6 Å². The van der Waals surface area contributed by atoms with Crippen molar-refractivity contribution in [2.75, 3.05) is 13.1 Å². The van der Waals surface area contributed by atoms with Crippen LogP contribution in [0.15, 0.2) is 16.8 Å². The summed E-state index contributed by atoms with van der Waals surface area (Å²) in [5, 5.41) is 15.6. The van der Waals surface area contributed by atoms with E-state index in [0.29, 0.717) is 6.54 Å². The van der Waals surface area contributed by atoms with Gasteiger partial charge in [-0.15, -0.1) is 0 Å². The van der Waals surface area contributed by atoms with E-state index in [1.54, 1.807) is 11.3 Å². The van der Waals surface area contributed by atoms with Gasteiger partial charge in [-0.25, -0.2) is 4.79 Å². The smallest absolute Gasteiger partial charge is 0.323 e. The first kappa shape index (κ1) is 15.5. The van der Waals surface area contributed by atoms with Crippen molar-refractivity contribution >= 4 is 23.3 Å². The molecule has 6 heteroatoms. The number of thiophene rings is 1. The zero-order chi connectivity index (χ0) is 14.4. The van der Waals surface area contributed by atoms with Crippen LogP contribution in [0.3, 0.4) is 0 Å². The molecular formula is C13H20N2O3S. The summed E-state index contributed by atoms with van der Waals surface area (Å²) in [4.78, 5) is 24.2. The van der Waals surface area contributed by atoms with Crippen molar-refractivity contribution in [3.8, 4) is 0 Å². The van der Waals surface area contributed by atoms with Gasteiger partial charge in [0.15, 0.2) is 0 Å². The van der Waals surface area contributed by atoms with Crippen molar-refractivity contribution in [1.82, 2.24) is 10.2 Å². The first-order chi connectivity index (χ1) is 8.90. The maximum absolute atomic E-state index is 12.1. The number of carbonyl (C=O) groups excluding carboxylic acids is 1. The van der Waals surface area contributed by atoms with Gasteiger partial charge in [0.2, 0.25) is 0 Å². The summed E-state index contributed by atoms with van der Waals surface area (Å²) < 4.78 is 0. The fourth-order valence-corrected chi connectivity index (χ4v) is 2.46. The number of nitrogens with zero attached hydrogens (tertiary/aromatic N) is 1. The number of amides is 2. The second kappa shape index (κ2) is 7.13. The van der Waals surface area contributed by atoms with Gasteiger partial charge in [-0.05, 0) is 35.2 Å². The third-order valence-corrected chi connectivity index (χ3v) is 3.28. The summed E-state index contributed by atoms with van der Waals surface area (Å²) in [6.07, 6.45) is 0. The van der Waals surface area contributed by atoms with Crippen LogP contribution >= 0.6 is 11.3 Å². The van der Waals surface area contributed by atoms with Crippen LogP contribution in [-0.4, -0.2) is 35.1 Å². The standard InChI is InChI=1S/C13H20N2O3S/c1-9(2)6-15(7-12(16)17)13(18)14-10(3)11-4-5-19-8-11/h4-5,8-10H,6-7H2,1-3H3,(H,14,18)(H,16,17). The lowest BCUT2D eigenvalue weighted by Crippen LogP contribution is -2.45. The predicted octanol–water partition coefficient (Wildman–Crippen LogP) is 2.56. The van der Waals surface area contributed by atoms with Crippen LogP contribution in [0.2, 0.25) is 0 Å².